The highest BCUT2D eigenvalue weighted by Gasteiger charge is 2.25. The van der Waals surface area contributed by atoms with Crippen molar-refractivity contribution in [3.05, 3.63) is 35.6 Å². The molecule has 1 aromatic carbocycles. The van der Waals surface area contributed by atoms with Gasteiger partial charge < -0.3 is 4.74 Å². The van der Waals surface area contributed by atoms with Crippen LogP contribution in [0.3, 0.4) is 0 Å². The summed E-state index contributed by atoms with van der Waals surface area (Å²) in [4.78, 5) is 2.07. The van der Waals surface area contributed by atoms with Crippen molar-refractivity contribution in [1.82, 2.24) is 4.90 Å². The number of benzene rings is 1. The van der Waals surface area contributed by atoms with E-state index in [0.717, 1.165) is 18.7 Å². The van der Waals surface area contributed by atoms with E-state index in [2.05, 4.69) is 11.0 Å². The number of halogens is 1. The first-order valence-corrected chi connectivity index (χ1v) is 5.71. The maximum absolute atomic E-state index is 12.8. The minimum atomic E-state index is -0.318. The van der Waals surface area contributed by atoms with E-state index in [1.165, 1.54) is 12.1 Å². The lowest BCUT2D eigenvalue weighted by Gasteiger charge is -2.34. The van der Waals surface area contributed by atoms with E-state index in [1.54, 1.807) is 12.1 Å². The van der Waals surface area contributed by atoms with Crippen LogP contribution < -0.4 is 0 Å². The van der Waals surface area contributed by atoms with Crippen molar-refractivity contribution >= 4 is 0 Å². The summed E-state index contributed by atoms with van der Waals surface area (Å²) < 4.78 is 18.3. The topological polar surface area (TPSA) is 36.3 Å². The zero-order chi connectivity index (χ0) is 12.3. The smallest absolute Gasteiger partial charge is 0.124 e. The van der Waals surface area contributed by atoms with Gasteiger partial charge in [-0.2, -0.15) is 5.26 Å². The highest BCUT2D eigenvalue weighted by molar-refractivity contribution is 5.24. The largest absolute Gasteiger partial charge is 0.376 e. The molecular weight excluding hydrogens is 219 g/mol. The van der Waals surface area contributed by atoms with Crippen LogP contribution in [0.25, 0.3) is 0 Å². The quantitative estimate of drug-likeness (QED) is 0.786. The van der Waals surface area contributed by atoms with Gasteiger partial charge in [0.2, 0.25) is 0 Å². The normalized spacial score (nSPS) is 23.0. The molecule has 3 nitrogen and oxygen atoms in total. The van der Waals surface area contributed by atoms with E-state index >= 15 is 0 Å². The SMILES string of the molecule is C[C@@H]1CN([C@H](C#N)c2ccc(F)cc2)CCO1. The van der Waals surface area contributed by atoms with Crippen LogP contribution in [0.1, 0.15) is 18.5 Å². The summed E-state index contributed by atoms with van der Waals surface area (Å²) in [6.07, 6.45) is 0.139. The molecule has 1 aliphatic heterocycles. The van der Waals surface area contributed by atoms with E-state index in [1.807, 2.05) is 6.92 Å². The minimum absolute atomic E-state index is 0.139. The first kappa shape index (κ1) is 12.0. The van der Waals surface area contributed by atoms with Crippen LogP contribution in [0.4, 0.5) is 4.39 Å². The molecule has 2 rings (SSSR count). The number of nitrogens with zero attached hydrogens (tertiary/aromatic N) is 2. The Bertz CT molecular complexity index is 412. The van der Waals surface area contributed by atoms with Crippen molar-refractivity contribution in [1.29, 1.82) is 5.26 Å². The lowest BCUT2D eigenvalue weighted by molar-refractivity contribution is -0.0269. The molecule has 2 atom stereocenters. The van der Waals surface area contributed by atoms with Gasteiger partial charge in [-0.25, -0.2) is 4.39 Å². The van der Waals surface area contributed by atoms with Crippen molar-refractivity contribution in [3.8, 4) is 6.07 Å². The fourth-order valence-electron chi connectivity index (χ4n) is 2.09. The van der Waals surface area contributed by atoms with E-state index in [4.69, 9.17) is 4.74 Å². The molecule has 1 saturated heterocycles. The number of rotatable bonds is 2. The van der Waals surface area contributed by atoms with Crippen molar-refractivity contribution in [3.63, 3.8) is 0 Å². The monoisotopic (exact) mass is 234 g/mol. The molecule has 0 unspecified atom stereocenters. The number of hydrogen-bond acceptors (Lipinski definition) is 3. The molecular formula is C13H15FN2O. The van der Waals surface area contributed by atoms with Gasteiger partial charge in [0.15, 0.2) is 0 Å². The minimum Gasteiger partial charge on any atom is -0.376 e. The Morgan fingerprint density at radius 1 is 1.47 bits per heavy atom. The standard InChI is InChI=1S/C13H15FN2O/c1-10-9-16(6-7-17-10)13(8-15)11-2-4-12(14)5-3-11/h2-5,10,13H,6-7,9H2,1H3/t10-,13-/m1/s1. The third kappa shape index (κ3) is 2.82. The van der Waals surface area contributed by atoms with Crippen molar-refractivity contribution in [2.24, 2.45) is 0 Å². The Balaban J connectivity index is 2.16. The average Bonchev–Trinajstić information content (AvgIpc) is 2.33. The zero-order valence-corrected chi connectivity index (χ0v) is 9.77. The van der Waals surface area contributed by atoms with Gasteiger partial charge >= 0.3 is 0 Å². The maximum atomic E-state index is 12.8. The summed E-state index contributed by atoms with van der Waals surface area (Å²) in [7, 11) is 0. The van der Waals surface area contributed by atoms with Gasteiger partial charge in [-0.1, -0.05) is 12.1 Å². The summed E-state index contributed by atoms with van der Waals surface area (Å²) in [6.45, 7) is 4.10. The molecule has 4 heteroatoms. The van der Waals surface area contributed by atoms with Gasteiger partial charge in [-0.3, -0.25) is 4.90 Å². The molecule has 0 amide bonds. The Morgan fingerprint density at radius 2 is 2.18 bits per heavy atom. The van der Waals surface area contributed by atoms with Crippen LogP contribution in [0.2, 0.25) is 0 Å². The fourth-order valence-corrected chi connectivity index (χ4v) is 2.09. The van der Waals surface area contributed by atoms with Crippen LogP contribution in [0.15, 0.2) is 24.3 Å². The second kappa shape index (κ2) is 5.26. The summed E-state index contributed by atoms with van der Waals surface area (Å²) >= 11 is 0. The van der Waals surface area contributed by atoms with Gasteiger partial charge in [-0.15, -0.1) is 0 Å². The van der Waals surface area contributed by atoms with Crippen LogP contribution in [-0.4, -0.2) is 30.7 Å². The molecule has 0 bridgehead atoms. The number of morpholine rings is 1. The molecule has 0 spiro atoms. The van der Waals surface area contributed by atoms with E-state index in [-0.39, 0.29) is 18.0 Å². The van der Waals surface area contributed by atoms with Gasteiger partial charge in [0.25, 0.3) is 0 Å². The second-order valence-electron chi connectivity index (χ2n) is 4.26. The first-order chi connectivity index (χ1) is 8.20. The van der Waals surface area contributed by atoms with Crippen LogP contribution in [0.5, 0.6) is 0 Å². The Kier molecular flexibility index (Phi) is 3.72. The second-order valence-corrected chi connectivity index (χ2v) is 4.26. The first-order valence-electron chi connectivity index (χ1n) is 5.71. The molecule has 0 N–H and O–H groups in total. The van der Waals surface area contributed by atoms with Crippen LogP contribution >= 0.6 is 0 Å². The van der Waals surface area contributed by atoms with Crippen LogP contribution in [-0.2, 0) is 4.74 Å². The third-order valence-electron chi connectivity index (χ3n) is 2.95. The molecule has 1 fully saturated rings. The summed E-state index contributed by atoms with van der Waals surface area (Å²) in [5.74, 6) is -0.277. The van der Waals surface area contributed by atoms with Crippen molar-refractivity contribution in [2.45, 2.75) is 19.1 Å². The highest BCUT2D eigenvalue weighted by Crippen LogP contribution is 2.22. The molecule has 0 aliphatic carbocycles. The predicted molar refractivity (Wildman–Crippen MR) is 61.7 cm³/mol. The summed E-state index contributed by atoms with van der Waals surface area (Å²) in [5.41, 5.74) is 0.836. The predicted octanol–water partition coefficient (Wildman–Crippen LogP) is 2.11. The molecule has 90 valence electrons. The van der Waals surface area contributed by atoms with Crippen LogP contribution in [0, 0.1) is 17.1 Å². The Hall–Kier alpha value is -1.44. The molecule has 0 radical (unpaired) electrons. The molecule has 17 heavy (non-hydrogen) atoms. The van der Waals surface area contributed by atoms with E-state index in [0.29, 0.717) is 6.61 Å². The maximum Gasteiger partial charge on any atom is 0.124 e. The Morgan fingerprint density at radius 3 is 2.76 bits per heavy atom. The lowest BCUT2D eigenvalue weighted by atomic mass is 10.1. The van der Waals surface area contributed by atoms with Gasteiger partial charge in [0.05, 0.1) is 18.8 Å². The number of hydrogen-bond donors (Lipinski definition) is 0. The lowest BCUT2D eigenvalue weighted by Crippen LogP contribution is -2.42. The molecule has 1 aromatic rings. The summed E-state index contributed by atoms with van der Waals surface area (Å²) in [6, 6.07) is 8.08. The molecule has 1 aliphatic rings. The molecule has 1 heterocycles. The molecule has 0 saturated carbocycles. The van der Waals surface area contributed by atoms with E-state index < -0.39 is 0 Å². The van der Waals surface area contributed by atoms with Gasteiger partial charge in [0.1, 0.15) is 11.9 Å². The molecule has 0 aromatic heterocycles. The average molecular weight is 234 g/mol. The number of nitriles is 1. The van der Waals surface area contributed by atoms with E-state index in [9.17, 15) is 9.65 Å². The summed E-state index contributed by atoms with van der Waals surface area (Å²) in [5, 5.41) is 9.26. The number of ether oxygens (including phenoxy) is 1. The van der Waals surface area contributed by atoms with Gasteiger partial charge in [0, 0.05) is 13.1 Å². The van der Waals surface area contributed by atoms with Gasteiger partial charge in [-0.05, 0) is 24.6 Å². The fraction of sp³-hybridized carbons (Fsp3) is 0.462. The zero-order valence-electron chi connectivity index (χ0n) is 9.77. The van der Waals surface area contributed by atoms with Crippen molar-refractivity contribution < 1.29 is 9.13 Å². The third-order valence-corrected chi connectivity index (χ3v) is 2.95. The van der Waals surface area contributed by atoms with Crippen molar-refractivity contribution in [2.75, 3.05) is 19.7 Å². The Labute approximate surface area is 100 Å². The highest BCUT2D eigenvalue weighted by atomic mass is 19.1.